The highest BCUT2D eigenvalue weighted by molar-refractivity contribution is 5.17. The number of hydrogen-bond donors (Lipinski definition) is 1. The molecule has 1 aromatic rings. The summed E-state index contributed by atoms with van der Waals surface area (Å²) in [4.78, 5) is 4.35. The van der Waals surface area contributed by atoms with Gasteiger partial charge in [-0.2, -0.15) is 0 Å². The van der Waals surface area contributed by atoms with Crippen LogP contribution in [0.4, 0.5) is 0 Å². The molecule has 1 fully saturated rings. The van der Waals surface area contributed by atoms with Gasteiger partial charge in [-0.25, -0.2) is 0 Å². The Morgan fingerprint density at radius 1 is 1.38 bits per heavy atom. The molecule has 0 amide bonds. The summed E-state index contributed by atoms with van der Waals surface area (Å²) in [6.45, 7) is 2.03. The Morgan fingerprint density at radius 3 is 2.77 bits per heavy atom. The van der Waals surface area contributed by atoms with Crippen LogP contribution in [0.25, 0.3) is 0 Å². The zero-order chi connectivity index (χ0) is 9.26. The van der Waals surface area contributed by atoms with Crippen LogP contribution in [-0.4, -0.2) is 16.2 Å². The van der Waals surface area contributed by atoms with E-state index in [9.17, 15) is 5.11 Å². The molecule has 2 rings (SSSR count). The molecule has 0 spiro atoms. The molecule has 70 valence electrons. The first-order valence-corrected chi connectivity index (χ1v) is 4.88. The molecule has 1 heterocycles. The highest BCUT2D eigenvalue weighted by Crippen LogP contribution is 2.33. The molecule has 1 N–H and O–H groups in total. The fourth-order valence-electron chi connectivity index (χ4n) is 1.98. The summed E-state index contributed by atoms with van der Waals surface area (Å²) in [6.07, 6.45) is 4.84. The Labute approximate surface area is 78.6 Å². The molecule has 0 radical (unpaired) electrons. The van der Waals surface area contributed by atoms with Gasteiger partial charge in [0.25, 0.3) is 0 Å². The average Bonchev–Trinajstić information content (AvgIpc) is 2.53. The maximum absolute atomic E-state index is 9.67. The fraction of sp³-hybridized carbons (Fsp3) is 0.545. The number of aliphatic hydroxyl groups excluding tert-OH is 1. The zero-order valence-corrected chi connectivity index (χ0v) is 7.90. The lowest BCUT2D eigenvalue weighted by atomic mass is 10.0. The predicted molar refractivity (Wildman–Crippen MR) is 51.6 cm³/mol. The van der Waals surface area contributed by atoms with Gasteiger partial charge in [0.1, 0.15) is 0 Å². The number of nitrogens with zero attached hydrogens (tertiary/aromatic N) is 1. The van der Waals surface area contributed by atoms with E-state index in [0.717, 1.165) is 25.0 Å². The third-order valence-corrected chi connectivity index (χ3v) is 2.79. The van der Waals surface area contributed by atoms with Gasteiger partial charge in [-0.3, -0.25) is 4.98 Å². The molecule has 2 atom stereocenters. The first kappa shape index (κ1) is 8.70. The molecule has 0 aliphatic heterocycles. The van der Waals surface area contributed by atoms with Gasteiger partial charge < -0.3 is 5.11 Å². The van der Waals surface area contributed by atoms with Crippen LogP contribution >= 0.6 is 0 Å². The second-order valence-corrected chi connectivity index (χ2v) is 3.87. The maximum Gasteiger partial charge on any atom is 0.0623 e. The normalized spacial score (nSPS) is 27.8. The first-order valence-electron chi connectivity index (χ1n) is 4.88. The van der Waals surface area contributed by atoms with Gasteiger partial charge in [-0.15, -0.1) is 0 Å². The van der Waals surface area contributed by atoms with Gasteiger partial charge in [0.2, 0.25) is 0 Å². The second-order valence-electron chi connectivity index (χ2n) is 3.87. The molecule has 13 heavy (non-hydrogen) atoms. The van der Waals surface area contributed by atoms with Gasteiger partial charge in [0, 0.05) is 17.8 Å². The standard InChI is InChI=1S/C11H15NO/c1-8-5-6-10(12-7-8)9-3-2-4-11(9)13/h5-7,9,11,13H,2-4H2,1H3/t9-,11-/m1/s1. The van der Waals surface area contributed by atoms with Crippen LogP contribution in [-0.2, 0) is 0 Å². The summed E-state index contributed by atoms with van der Waals surface area (Å²) in [7, 11) is 0. The number of aromatic nitrogens is 1. The summed E-state index contributed by atoms with van der Waals surface area (Å²) in [5.41, 5.74) is 2.23. The van der Waals surface area contributed by atoms with Crippen LogP contribution in [0.2, 0.25) is 0 Å². The average molecular weight is 177 g/mol. The van der Waals surface area contributed by atoms with E-state index in [1.807, 2.05) is 19.2 Å². The topological polar surface area (TPSA) is 33.1 Å². The lowest BCUT2D eigenvalue weighted by Gasteiger charge is -2.13. The van der Waals surface area contributed by atoms with Crippen molar-refractivity contribution in [1.29, 1.82) is 0 Å². The Hall–Kier alpha value is -0.890. The molecule has 2 heteroatoms. The van der Waals surface area contributed by atoms with Crippen molar-refractivity contribution in [3.8, 4) is 0 Å². The van der Waals surface area contributed by atoms with E-state index in [1.54, 1.807) is 0 Å². The minimum atomic E-state index is -0.171. The predicted octanol–water partition coefficient (Wildman–Crippen LogP) is 2.02. The summed E-state index contributed by atoms with van der Waals surface area (Å²) in [5.74, 6) is 0.278. The van der Waals surface area contributed by atoms with Gasteiger partial charge >= 0.3 is 0 Å². The molecule has 0 bridgehead atoms. The number of hydrogen-bond acceptors (Lipinski definition) is 2. The van der Waals surface area contributed by atoms with Crippen LogP contribution in [0.5, 0.6) is 0 Å². The van der Waals surface area contributed by atoms with E-state index in [0.29, 0.717) is 0 Å². The molecule has 2 nitrogen and oxygen atoms in total. The van der Waals surface area contributed by atoms with E-state index in [1.165, 1.54) is 5.56 Å². The minimum Gasteiger partial charge on any atom is -0.392 e. The van der Waals surface area contributed by atoms with Crippen molar-refractivity contribution < 1.29 is 5.11 Å². The highest BCUT2D eigenvalue weighted by atomic mass is 16.3. The maximum atomic E-state index is 9.67. The van der Waals surface area contributed by atoms with Crippen LogP contribution in [0.15, 0.2) is 18.3 Å². The van der Waals surface area contributed by atoms with Crippen LogP contribution < -0.4 is 0 Å². The van der Waals surface area contributed by atoms with Crippen molar-refractivity contribution in [1.82, 2.24) is 4.98 Å². The molecule has 1 saturated carbocycles. The van der Waals surface area contributed by atoms with Crippen LogP contribution in [0.1, 0.15) is 36.4 Å². The van der Waals surface area contributed by atoms with Crippen molar-refractivity contribution in [3.05, 3.63) is 29.6 Å². The van der Waals surface area contributed by atoms with Crippen molar-refractivity contribution >= 4 is 0 Å². The Morgan fingerprint density at radius 2 is 2.23 bits per heavy atom. The number of aryl methyl sites for hydroxylation is 1. The molecule has 1 aromatic heterocycles. The van der Waals surface area contributed by atoms with Crippen molar-refractivity contribution in [2.75, 3.05) is 0 Å². The summed E-state index contributed by atoms with van der Waals surface area (Å²) >= 11 is 0. The van der Waals surface area contributed by atoms with Gasteiger partial charge in [-0.1, -0.05) is 12.5 Å². The van der Waals surface area contributed by atoms with E-state index in [2.05, 4.69) is 11.1 Å². The monoisotopic (exact) mass is 177 g/mol. The van der Waals surface area contributed by atoms with E-state index >= 15 is 0 Å². The zero-order valence-electron chi connectivity index (χ0n) is 7.90. The number of aliphatic hydroxyl groups is 1. The number of rotatable bonds is 1. The first-order chi connectivity index (χ1) is 6.27. The smallest absolute Gasteiger partial charge is 0.0623 e. The molecule has 1 aliphatic rings. The summed E-state index contributed by atoms with van der Waals surface area (Å²) in [6, 6.07) is 4.10. The fourth-order valence-corrected chi connectivity index (χ4v) is 1.98. The summed E-state index contributed by atoms with van der Waals surface area (Å²) in [5, 5.41) is 9.67. The molecule has 0 saturated heterocycles. The lowest BCUT2D eigenvalue weighted by molar-refractivity contribution is 0.162. The van der Waals surface area contributed by atoms with Crippen LogP contribution in [0.3, 0.4) is 0 Å². The van der Waals surface area contributed by atoms with Gasteiger partial charge in [0.05, 0.1) is 6.10 Å². The third kappa shape index (κ3) is 1.73. The SMILES string of the molecule is Cc1ccc([C@H]2CCC[C@H]2O)nc1. The van der Waals surface area contributed by atoms with Crippen molar-refractivity contribution in [2.24, 2.45) is 0 Å². The largest absolute Gasteiger partial charge is 0.392 e. The third-order valence-electron chi connectivity index (χ3n) is 2.79. The lowest BCUT2D eigenvalue weighted by Crippen LogP contribution is -2.12. The molecule has 0 aromatic carbocycles. The Kier molecular flexibility index (Phi) is 2.32. The molecule has 0 unspecified atom stereocenters. The molecular formula is C11H15NO. The van der Waals surface area contributed by atoms with E-state index in [-0.39, 0.29) is 12.0 Å². The highest BCUT2D eigenvalue weighted by Gasteiger charge is 2.27. The summed E-state index contributed by atoms with van der Waals surface area (Å²) < 4.78 is 0. The van der Waals surface area contributed by atoms with Gasteiger partial charge in [-0.05, 0) is 31.4 Å². The van der Waals surface area contributed by atoms with Crippen molar-refractivity contribution in [2.45, 2.75) is 38.2 Å². The Balaban J connectivity index is 2.20. The molecule has 1 aliphatic carbocycles. The van der Waals surface area contributed by atoms with Crippen molar-refractivity contribution in [3.63, 3.8) is 0 Å². The van der Waals surface area contributed by atoms with E-state index < -0.39 is 0 Å². The quantitative estimate of drug-likeness (QED) is 0.712. The second kappa shape index (κ2) is 3.46. The van der Waals surface area contributed by atoms with Gasteiger partial charge in [0.15, 0.2) is 0 Å². The molecular weight excluding hydrogens is 162 g/mol. The minimum absolute atomic E-state index is 0.171. The number of pyridine rings is 1. The van der Waals surface area contributed by atoms with Crippen LogP contribution in [0, 0.1) is 6.92 Å². The Bertz CT molecular complexity index is 281. The van der Waals surface area contributed by atoms with E-state index in [4.69, 9.17) is 0 Å².